The quantitative estimate of drug-likeness (QED) is 0.773. The molecule has 1 atom stereocenters. The summed E-state index contributed by atoms with van der Waals surface area (Å²) in [5.74, 6) is -0.705. The third-order valence-electron chi connectivity index (χ3n) is 3.29. The van der Waals surface area contributed by atoms with Crippen molar-refractivity contribution < 1.29 is 14.3 Å². The molecule has 0 aliphatic carbocycles. The highest BCUT2D eigenvalue weighted by molar-refractivity contribution is 7.07. The van der Waals surface area contributed by atoms with Gasteiger partial charge < -0.3 is 10.1 Å². The molecule has 2 aromatic rings. The molecule has 0 fully saturated rings. The van der Waals surface area contributed by atoms with E-state index in [1.54, 1.807) is 23.5 Å². The van der Waals surface area contributed by atoms with Crippen LogP contribution >= 0.6 is 22.9 Å². The molecule has 1 amide bonds. The number of thiophene rings is 1. The Morgan fingerprint density at radius 3 is 2.87 bits per heavy atom. The van der Waals surface area contributed by atoms with Crippen LogP contribution in [-0.2, 0) is 20.7 Å². The lowest BCUT2D eigenvalue weighted by atomic mass is 10.1. The average Bonchev–Trinajstić information content (AvgIpc) is 3.04. The lowest BCUT2D eigenvalue weighted by Crippen LogP contribution is -2.31. The van der Waals surface area contributed by atoms with Crippen molar-refractivity contribution in [2.45, 2.75) is 25.8 Å². The standard InChI is InChI=1S/C17H18ClNO3S/c1-12(14-3-2-4-15(18)9-14)19-16(20)10-22-17(21)6-5-13-7-8-23-11-13/h2-4,7-9,11-12H,5-6,10H2,1H3,(H,19,20)/t12-/m0/s1. The van der Waals surface area contributed by atoms with E-state index >= 15 is 0 Å². The van der Waals surface area contributed by atoms with E-state index in [0.717, 1.165) is 11.1 Å². The Bertz CT molecular complexity index is 658. The number of hydrogen-bond acceptors (Lipinski definition) is 4. The molecule has 0 spiro atoms. The van der Waals surface area contributed by atoms with Gasteiger partial charge in [-0.25, -0.2) is 0 Å². The molecule has 2 rings (SSSR count). The molecule has 23 heavy (non-hydrogen) atoms. The lowest BCUT2D eigenvalue weighted by Gasteiger charge is -2.14. The van der Waals surface area contributed by atoms with E-state index < -0.39 is 0 Å². The summed E-state index contributed by atoms with van der Waals surface area (Å²) in [6.07, 6.45) is 0.900. The number of aryl methyl sites for hydroxylation is 1. The molecule has 0 saturated carbocycles. The minimum absolute atomic E-state index is 0.203. The first-order valence-electron chi connectivity index (χ1n) is 7.26. The second kappa shape index (κ2) is 8.70. The van der Waals surface area contributed by atoms with Crippen molar-refractivity contribution in [1.29, 1.82) is 0 Å². The number of nitrogens with one attached hydrogen (secondary N) is 1. The fourth-order valence-electron chi connectivity index (χ4n) is 2.04. The molecule has 1 heterocycles. The van der Waals surface area contributed by atoms with E-state index in [1.165, 1.54) is 0 Å². The van der Waals surface area contributed by atoms with Gasteiger partial charge in [0.25, 0.3) is 5.91 Å². The summed E-state index contributed by atoms with van der Waals surface area (Å²) >= 11 is 7.51. The Hall–Kier alpha value is -1.85. The zero-order valence-corrected chi connectivity index (χ0v) is 14.3. The van der Waals surface area contributed by atoms with Gasteiger partial charge in [0, 0.05) is 11.4 Å². The number of halogens is 1. The molecule has 1 aromatic heterocycles. The molecule has 4 nitrogen and oxygen atoms in total. The Morgan fingerprint density at radius 1 is 1.35 bits per heavy atom. The zero-order chi connectivity index (χ0) is 16.7. The van der Waals surface area contributed by atoms with Crippen LogP contribution in [0.25, 0.3) is 0 Å². The number of ether oxygens (including phenoxy) is 1. The summed E-state index contributed by atoms with van der Waals surface area (Å²) in [7, 11) is 0. The summed E-state index contributed by atoms with van der Waals surface area (Å²) in [6.45, 7) is 1.58. The topological polar surface area (TPSA) is 55.4 Å². The molecular formula is C17H18ClNO3S. The van der Waals surface area contributed by atoms with Gasteiger partial charge in [-0.1, -0.05) is 23.7 Å². The fourth-order valence-corrected chi connectivity index (χ4v) is 2.94. The molecule has 0 aliphatic rings. The monoisotopic (exact) mass is 351 g/mol. The Labute approximate surface area is 144 Å². The van der Waals surface area contributed by atoms with Gasteiger partial charge in [-0.3, -0.25) is 9.59 Å². The fraction of sp³-hybridized carbons (Fsp3) is 0.294. The molecule has 0 unspecified atom stereocenters. The predicted molar refractivity (Wildman–Crippen MR) is 91.6 cm³/mol. The van der Waals surface area contributed by atoms with Crippen molar-refractivity contribution in [1.82, 2.24) is 5.32 Å². The SMILES string of the molecule is C[C@H](NC(=O)COC(=O)CCc1ccsc1)c1cccc(Cl)c1. The zero-order valence-electron chi connectivity index (χ0n) is 12.8. The first kappa shape index (κ1) is 17.5. The highest BCUT2D eigenvalue weighted by Gasteiger charge is 2.12. The number of benzene rings is 1. The van der Waals surface area contributed by atoms with Gasteiger partial charge in [0.15, 0.2) is 6.61 Å². The van der Waals surface area contributed by atoms with E-state index in [4.69, 9.17) is 16.3 Å². The largest absolute Gasteiger partial charge is 0.456 e. The molecule has 1 aromatic carbocycles. The maximum absolute atomic E-state index is 11.8. The second-order valence-electron chi connectivity index (χ2n) is 5.14. The lowest BCUT2D eigenvalue weighted by molar-refractivity contribution is -0.148. The van der Waals surface area contributed by atoms with E-state index in [2.05, 4.69) is 5.32 Å². The van der Waals surface area contributed by atoms with Crippen molar-refractivity contribution >= 4 is 34.8 Å². The third kappa shape index (κ3) is 6.04. The Balaban J connectivity index is 1.71. The minimum atomic E-state index is -0.373. The van der Waals surface area contributed by atoms with Crippen LogP contribution in [0.15, 0.2) is 41.1 Å². The van der Waals surface area contributed by atoms with Gasteiger partial charge >= 0.3 is 5.97 Å². The van der Waals surface area contributed by atoms with Gasteiger partial charge in [-0.15, -0.1) is 0 Å². The number of carbonyl (C=O) groups is 2. The van der Waals surface area contributed by atoms with E-state index in [-0.39, 0.29) is 30.9 Å². The number of esters is 1. The smallest absolute Gasteiger partial charge is 0.306 e. The van der Waals surface area contributed by atoms with Crippen molar-refractivity contribution in [3.63, 3.8) is 0 Å². The first-order chi connectivity index (χ1) is 11.0. The van der Waals surface area contributed by atoms with Crippen LogP contribution in [0.3, 0.4) is 0 Å². The first-order valence-corrected chi connectivity index (χ1v) is 8.58. The van der Waals surface area contributed by atoms with Gasteiger partial charge in [-0.2, -0.15) is 11.3 Å². The number of rotatable bonds is 7. The molecule has 0 bridgehead atoms. The predicted octanol–water partition coefficient (Wildman–Crippen LogP) is 3.75. The molecule has 122 valence electrons. The van der Waals surface area contributed by atoms with Crippen LogP contribution in [0.2, 0.25) is 5.02 Å². The maximum Gasteiger partial charge on any atom is 0.306 e. The van der Waals surface area contributed by atoms with Crippen molar-refractivity contribution in [3.8, 4) is 0 Å². The Kier molecular flexibility index (Phi) is 6.62. The van der Waals surface area contributed by atoms with Crippen LogP contribution in [-0.4, -0.2) is 18.5 Å². The van der Waals surface area contributed by atoms with Gasteiger partial charge in [0.05, 0.1) is 6.04 Å². The van der Waals surface area contributed by atoms with Crippen molar-refractivity contribution in [3.05, 3.63) is 57.2 Å². The normalized spacial score (nSPS) is 11.7. The van der Waals surface area contributed by atoms with Crippen LogP contribution in [0.1, 0.15) is 30.5 Å². The van der Waals surface area contributed by atoms with Gasteiger partial charge in [-0.05, 0) is 53.4 Å². The van der Waals surface area contributed by atoms with Crippen LogP contribution in [0.4, 0.5) is 0 Å². The molecule has 0 aliphatic heterocycles. The average molecular weight is 352 g/mol. The summed E-state index contributed by atoms with van der Waals surface area (Å²) in [5, 5.41) is 7.35. The van der Waals surface area contributed by atoms with Gasteiger partial charge in [0.1, 0.15) is 0 Å². The number of amides is 1. The van der Waals surface area contributed by atoms with E-state index in [1.807, 2.05) is 35.9 Å². The molecule has 0 saturated heterocycles. The molecule has 6 heteroatoms. The highest BCUT2D eigenvalue weighted by Crippen LogP contribution is 2.17. The molecular weight excluding hydrogens is 334 g/mol. The van der Waals surface area contributed by atoms with Gasteiger partial charge in [0.2, 0.25) is 0 Å². The maximum atomic E-state index is 11.8. The van der Waals surface area contributed by atoms with Crippen LogP contribution < -0.4 is 5.32 Å². The summed E-state index contributed by atoms with van der Waals surface area (Å²) in [5.41, 5.74) is 2.00. The number of carbonyl (C=O) groups excluding carboxylic acids is 2. The molecule has 1 N–H and O–H groups in total. The van der Waals surface area contributed by atoms with E-state index in [9.17, 15) is 9.59 Å². The highest BCUT2D eigenvalue weighted by atomic mass is 35.5. The van der Waals surface area contributed by atoms with Crippen molar-refractivity contribution in [2.24, 2.45) is 0 Å². The second-order valence-corrected chi connectivity index (χ2v) is 6.35. The summed E-state index contributed by atoms with van der Waals surface area (Å²) < 4.78 is 4.99. The van der Waals surface area contributed by atoms with Crippen molar-refractivity contribution in [2.75, 3.05) is 6.61 Å². The number of hydrogen-bond donors (Lipinski definition) is 1. The van der Waals surface area contributed by atoms with Crippen LogP contribution in [0.5, 0.6) is 0 Å². The summed E-state index contributed by atoms with van der Waals surface area (Å²) in [6, 6.07) is 9.03. The molecule has 0 radical (unpaired) electrons. The minimum Gasteiger partial charge on any atom is -0.456 e. The summed E-state index contributed by atoms with van der Waals surface area (Å²) in [4.78, 5) is 23.5. The Morgan fingerprint density at radius 2 is 2.17 bits per heavy atom. The third-order valence-corrected chi connectivity index (χ3v) is 4.26. The van der Waals surface area contributed by atoms with E-state index in [0.29, 0.717) is 11.4 Å². The van der Waals surface area contributed by atoms with Crippen LogP contribution in [0, 0.1) is 0 Å².